The molecule has 0 fully saturated rings. The number of carbonyl (C=O) groups excluding carboxylic acids is 1. The Kier molecular flexibility index (Phi) is 5.46. The number of esters is 1. The standard InChI is InChI=1S/C22H17F2NO2/c1-2-3-4-14-5-6-15-10-19(21(24)11-17(15)9-14)22(26)27-18-8-7-16(13-25)20(23)12-18/h5-12H,2-4H2,1H3. The lowest BCUT2D eigenvalue weighted by molar-refractivity contribution is 0.0729. The molecule has 0 aliphatic rings. The van der Waals surface area contributed by atoms with E-state index < -0.39 is 17.6 Å². The second-order valence-electron chi connectivity index (χ2n) is 6.26. The molecule has 3 rings (SSSR count). The number of rotatable bonds is 5. The van der Waals surface area contributed by atoms with E-state index in [-0.39, 0.29) is 16.9 Å². The van der Waals surface area contributed by atoms with Gasteiger partial charge in [0.25, 0.3) is 0 Å². The van der Waals surface area contributed by atoms with Gasteiger partial charge in [-0.1, -0.05) is 31.5 Å². The molecule has 0 unspecified atom stereocenters. The molecule has 0 spiro atoms. The van der Waals surface area contributed by atoms with Crippen molar-refractivity contribution in [2.45, 2.75) is 26.2 Å². The molecule has 3 nitrogen and oxygen atoms in total. The van der Waals surface area contributed by atoms with E-state index in [1.165, 1.54) is 24.3 Å². The summed E-state index contributed by atoms with van der Waals surface area (Å²) in [5.41, 5.74) is 0.728. The fourth-order valence-electron chi connectivity index (χ4n) is 2.82. The topological polar surface area (TPSA) is 50.1 Å². The molecule has 3 aromatic rings. The van der Waals surface area contributed by atoms with E-state index in [1.807, 2.05) is 18.2 Å². The molecule has 27 heavy (non-hydrogen) atoms. The van der Waals surface area contributed by atoms with E-state index >= 15 is 0 Å². The van der Waals surface area contributed by atoms with Gasteiger partial charge >= 0.3 is 5.97 Å². The van der Waals surface area contributed by atoms with E-state index in [1.54, 1.807) is 6.07 Å². The van der Waals surface area contributed by atoms with Crippen LogP contribution in [0.5, 0.6) is 5.75 Å². The minimum absolute atomic E-state index is 0.0917. The van der Waals surface area contributed by atoms with Gasteiger partial charge in [-0.3, -0.25) is 0 Å². The normalized spacial score (nSPS) is 10.6. The van der Waals surface area contributed by atoms with Crippen LogP contribution in [0.25, 0.3) is 10.8 Å². The lowest BCUT2D eigenvalue weighted by Gasteiger charge is -2.08. The van der Waals surface area contributed by atoms with Crippen LogP contribution in [0.2, 0.25) is 0 Å². The Morgan fingerprint density at radius 2 is 1.85 bits per heavy atom. The number of unbranched alkanes of at least 4 members (excludes halogenated alkanes) is 1. The Bertz CT molecular complexity index is 1050. The molecule has 3 aromatic carbocycles. The van der Waals surface area contributed by atoms with Gasteiger partial charge in [-0.25, -0.2) is 13.6 Å². The zero-order chi connectivity index (χ0) is 19.4. The van der Waals surface area contributed by atoms with Gasteiger partial charge in [-0.15, -0.1) is 0 Å². The molecule has 5 heteroatoms. The minimum Gasteiger partial charge on any atom is -0.423 e. The Labute approximate surface area is 155 Å². The Hall–Kier alpha value is -3.26. The largest absolute Gasteiger partial charge is 0.423 e. The average molecular weight is 365 g/mol. The second-order valence-corrected chi connectivity index (χ2v) is 6.26. The third kappa shape index (κ3) is 4.12. The predicted molar refractivity (Wildman–Crippen MR) is 98.6 cm³/mol. The van der Waals surface area contributed by atoms with Crippen molar-refractivity contribution in [2.24, 2.45) is 0 Å². The Morgan fingerprint density at radius 1 is 1.04 bits per heavy atom. The van der Waals surface area contributed by atoms with Gasteiger partial charge in [0, 0.05) is 6.07 Å². The number of fused-ring (bicyclic) bond motifs is 1. The summed E-state index contributed by atoms with van der Waals surface area (Å²) in [4.78, 5) is 12.3. The molecule has 0 heterocycles. The molecule has 0 radical (unpaired) electrons. The van der Waals surface area contributed by atoms with E-state index in [2.05, 4.69) is 6.92 Å². The number of carbonyl (C=O) groups is 1. The first kappa shape index (κ1) is 18.5. The Morgan fingerprint density at radius 3 is 2.56 bits per heavy atom. The maximum absolute atomic E-state index is 14.4. The van der Waals surface area contributed by atoms with E-state index in [0.717, 1.165) is 36.3 Å². The third-order valence-electron chi connectivity index (χ3n) is 4.30. The van der Waals surface area contributed by atoms with Gasteiger partial charge in [0.15, 0.2) is 0 Å². The van der Waals surface area contributed by atoms with Crippen molar-refractivity contribution < 1.29 is 18.3 Å². The van der Waals surface area contributed by atoms with Crippen LogP contribution >= 0.6 is 0 Å². The highest BCUT2D eigenvalue weighted by Gasteiger charge is 2.16. The summed E-state index contributed by atoms with van der Waals surface area (Å²) in [7, 11) is 0. The average Bonchev–Trinajstić information content (AvgIpc) is 2.65. The van der Waals surface area contributed by atoms with Crippen LogP contribution in [0.15, 0.2) is 48.5 Å². The van der Waals surface area contributed by atoms with Crippen LogP contribution in [0.1, 0.15) is 41.3 Å². The van der Waals surface area contributed by atoms with Crippen molar-refractivity contribution in [1.29, 1.82) is 5.26 Å². The van der Waals surface area contributed by atoms with Crippen LogP contribution < -0.4 is 4.74 Å². The summed E-state index contributed by atoms with van der Waals surface area (Å²) in [5.74, 6) is -2.52. The highest BCUT2D eigenvalue weighted by Crippen LogP contribution is 2.24. The second kappa shape index (κ2) is 7.96. The molecule has 136 valence electrons. The van der Waals surface area contributed by atoms with Gasteiger partial charge < -0.3 is 4.74 Å². The molecule has 0 amide bonds. The summed E-state index contributed by atoms with van der Waals surface area (Å²) >= 11 is 0. The molecule has 0 N–H and O–H groups in total. The number of hydrogen-bond acceptors (Lipinski definition) is 3. The lowest BCUT2D eigenvalue weighted by Crippen LogP contribution is -2.11. The summed E-state index contributed by atoms with van der Waals surface area (Å²) in [5, 5.41) is 10.2. The molecule has 0 aliphatic heterocycles. The van der Waals surface area contributed by atoms with Crippen LogP contribution in [-0.2, 0) is 6.42 Å². The maximum Gasteiger partial charge on any atom is 0.346 e. The van der Waals surface area contributed by atoms with Crippen molar-refractivity contribution in [3.05, 3.63) is 76.9 Å². The van der Waals surface area contributed by atoms with Crippen molar-refractivity contribution in [1.82, 2.24) is 0 Å². The van der Waals surface area contributed by atoms with Crippen LogP contribution in [-0.4, -0.2) is 5.97 Å². The van der Waals surface area contributed by atoms with Crippen molar-refractivity contribution in [2.75, 3.05) is 0 Å². The molecule has 0 saturated carbocycles. The van der Waals surface area contributed by atoms with Crippen LogP contribution in [0, 0.1) is 23.0 Å². The van der Waals surface area contributed by atoms with Gasteiger partial charge in [-0.2, -0.15) is 5.26 Å². The number of nitrogens with zero attached hydrogens (tertiary/aromatic N) is 1. The Balaban J connectivity index is 1.87. The van der Waals surface area contributed by atoms with Crippen molar-refractivity contribution >= 4 is 16.7 Å². The number of aryl methyl sites for hydroxylation is 1. The molecule has 0 atom stereocenters. The van der Waals surface area contributed by atoms with Gasteiger partial charge in [0.2, 0.25) is 0 Å². The molecule has 0 aromatic heterocycles. The fourth-order valence-corrected chi connectivity index (χ4v) is 2.82. The van der Waals surface area contributed by atoms with Gasteiger partial charge in [-0.05, 0) is 53.4 Å². The highest BCUT2D eigenvalue weighted by atomic mass is 19.1. The molecular formula is C22H17F2NO2. The quantitative estimate of drug-likeness (QED) is 0.440. The summed E-state index contributed by atoms with van der Waals surface area (Å²) in [6.45, 7) is 2.11. The number of ether oxygens (including phenoxy) is 1. The number of nitriles is 1. The SMILES string of the molecule is CCCCc1ccc2cc(C(=O)Oc3ccc(C#N)c(F)c3)c(F)cc2c1. The van der Waals surface area contributed by atoms with Crippen LogP contribution in [0.3, 0.4) is 0 Å². The summed E-state index contributed by atoms with van der Waals surface area (Å²) < 4.78 is 33.1. The molecular weight excluding hydrogens is 348 g/mol. The zero-order valence-corrected chi connectivity index (χ0v) is 14.8. The molecule has 0 aliphatic carbocycles. The van der Waals surface area contributed by atoms with Crippen molar-refractivity contribution in [3.8, 4) is 11.8 Å². The number of benzene rings is 3. The zero-order valence-electron chi connectivity index (χ0n) is 14.8. The first-order chi connectivity index (χ1) is 13.0. The number of hydrogen-bond donors (Lipinski definition) is 0. The van der Waals surface area contributed by atoms with Gasteiger partial charge in [0.1, 0.15) is 23.5 Å². The van der Waals surface area contributed by atoms with Gasteiger partial charge in [0.05, 0.1) is 11.1 Å². The lowest BCUT2D eigenvalue weighted by atomic mass is 10.0. The first-order valence-corrected chi connectivity index (χ1v) is 8.66. The van der Waals surface area contributed by atoms with E-state index in [9.17, 15) is 13.6 Å². The van der Waals surface area contributed by atoms with Crippen LogP contribution in [0.4, 0.5) is 8.78 Å². The minimum atomic E-state index is -0.923. The monoisotopic (exact) mass is 365 g/mol. The van der Waals surface area contributed by atoms with E-state index in [4.69, 9.17) is 10.00 Å². The molecule has 0 saturated heterocycles. The smallest absolute Gasteiger partial charge is 0.346 e. The maximum atomic E-state index is 14.4. The molecule has 0 bridgehead atoms. The number of halogens is 2. The predicted octanol–water partition coefficient (Wildman–Crippen LogP) is 5.55. The first-order valence-electron chi connectivity index (χ1n) is 8.66. The fraction of sp³-hybridized carbons (Fsp3) is 0.182. The highest BCUT2D eigenvalue weighted by molar-refractivity contribution is 5.97. The summed E-state index contributed by atoms with van der Waals surface area (Å²) in [6.07, 6.45) is 3.05. The van der Waals surface area contributed by atoms with E-state index in [0.29, 0.717) is 5.39 Å². The summed E-state index contributed by atoms with van der Waals surface area (Å²) in [6, 6.07) is 13.5. The third-order valence-corrected chi connectivity index (χ3v) is 4.30. The van der Waals surface area contributed by atoms with Crippen molar-refractivity contribution in [3.63, 3.8) is 0 Å².